The smallest absolute Gasteiger partial charge is 0.165 e. The molecule has 0 saturated carbocycles. The monoisotopic (exact) mass is 309 g/mol. The van der Waals surface area contributed by atoms with E-state index in [0.29, 0.717) is 12.5 Å². The van der Waals surface area contributed by atoms with Gasteiger partial charge in [0.15, 0.2) is 11.5 Å². The standard InChI is InChI=1S/C18H31NO3/c1-6-8-16(20)13-19(11-14(2)3)12-15-9-7-10-17(21-4)18(15)22-5/h7,9-10,14,16,20H,6,8,11-13H2,1-5H3. The van der Waals surface area contributed by atoms with Crippen molar-refractivity contribution in [3.8, 4) is 11.5 Å². The Balaban J connectivity index is 2.88. The Morgan fingerprint density at radius 1 is 1.14 bits per heavy atom. The molecule has 0 fully saturated rings. The minimum absolute atomic E-state index is 0.277. The van der Waals surface area contributed by atoms with Crippen LogP contribution < -0.4 is 9.47 Å². The zero-order valence-electron chi connectivity index (χ0n) is 14.6. The average molecular weight is 309 g/mol. The molecule has 0 spiro atoms. The third-order valence-corrected chi connectivity index (χ3v) is 3.59. The first-order valence-electron chi connectivity index (χ1n) is 8.12. The molecule has 0 bridgehead atoms. The number of aliphatic hydroxyl groups is 1. The fraction of sp³-hybridized carbons (Fsp3) is 0.667. The Labute approximate surface area is 135 Å². The van der Waals surface area contributed by atoms with Crippen LogP contribution in [-0.2, 0) is 6.54 Å². The van der Waals surface area contributed by atoms with E-state index in [-0.39, 0.29) is 6.10 Å². The van der Waals surface area contributed by atoms with E-state index in [0.717, 1.165) is 43.0 Å². The third-order valence-electron chi connectivity index (χ3n) is 3.59. The maximum atomic E-state index is 10.1. The Morgan fingerprint density at radius 2 is 1.86 bits per heavy atom. The van der Waals surface area contributed by atoms with Crippen LogP contribution in [0.1, 0.15) is 39.2 Å². The van der Waals surface area contributed by atoms with E-state index in [2.05, 4.69) is 31.7 Å². The maximum absolute atomic E-state index is 10.1. The second-order valence-electron chi connectivity index (χ2n) is 6.18. The van der Waals surface area contributed by atoms with Crippen molar-refractivity contribution in [2.24, 2.45) is 5.92 Å². The predicted molar refractivity (Wildman–Crippen MR) is 90.6 cm³/mol. The van der Waals surface area contributed by atoms with E-state index in [1.54, 1.807) is 14.2 Å². The molecule has 0 heterocycles. The van der Waals surface area contributed by atoms with Gasteiger partial charge in [-0.1, -0.05) is 39.3 Å². The lowest BCUT2D eigenvalue weighted by Crippen LogP contribution is -2.34. The molecule has 1 aromatic rings. The van der Waals surface area contributed by atoms with E-state index in [1.165, 1.54) is 0 Å². The van der Waals surface area contributed by atoms with Crippen molar-refractivity contribution in [3.05, 3.63) is 23.8 Å². The minimum Gasteiger partial charge on any atom is -0.493 e. The molecule has 0 radical (unpaired) electrons. The average Bonchev–Trinajstić information content (AvgIpc) is 2.46. The van der Waals surface area contributed by atoms with E-state index in [1.807, 2.05) is 12.1 Å². The molecule has 0 aromatic heterocycles. The summed E-state index contributed by atoms with van der Waals surface area (Å²) in [4.78, 5) is 2.29. The van der Waals surface area contributed by atoms with E-state index >= 15 is 0 Å². The normalized spacial score (nSPS) is 12.7. The third kappa shape index (κ3) is 5.85. The lowest BCUT2D eigenvalue weighted by Gasteiger charge is -2.27. The van der Waals surface area contributed by atoms with Crippen molar-refractivity contribution >= 4 is 0 Å². The van der Waals surface area contributed by atoms with Crippen LogP contribution in [0.25, 0.3) is 0 Å². The van der Waals surface area contributed by atoms with Crippen molar-refractivity contribution < 1.29 is 14.6 Å². The zero-order valence-corrected chi connectivity index (χ0v) is 14.6. The van der Waals surface area contributed by atoms with Crippen molar-refractivity contribution in [3.63, 3.8) is 0 Å². The Morgan fingerprint density at radius 3 is 2.41 bits per heavy atom. The second-order valence-corrected chi connectivity index (χ2v) is 6.18. The highest BCUT2D eigenvalue weighted by Crippen LogP contribution is 2.31. The summed E-state index contributed by atoms with van der Waals surface area (Å²) in [6.07, 6.45) is 1.56. The Bertz CT molecular complexity index is 434. The highest BCUT2D eigenvalue weighted by Gasteiger charge is 2.17. The molecule has 0 aliphatic rings. The first kappa shape index (κ1) is 18.8. The molecule has 1 unspecified atom stereocenters. The van der Waals surface area contributed by atoms with Gasteiger partial charge in [-0.15, -0.1) is 0 Å². The molecule has 1 atom stereocenters. The number of hydrogen-bond acceptors (Lipinski definition) is 4. The molecule has 0 aliphatic heterocycles. The number of methoxy groups -OCH3 is 2. The Hall–Kier alpha value is -1.26. The van der Waals surface area contributed by atoms with Gasteiger partial charge in [0.25, 0.3) is 0 Å². The molecule has 1 aromatic carbocycles. The molecule has 0 amide bonds. The zero-order chi connectivity index (χ0) is 16.5. The Kier molecular flexibility index (Phi) is 8.28. The highest BCUT2D eigenvalue weighted by molar-refractivity contribution is 5.46. The van der Waals surface area contributed by atoms with Crippen LogP contribution in [0.4, 0.5) is 0 Å². The summed E-state index contributed by atoms with van der Waals surface area (Å²) in [5.74, 6) is 2.08. The van der Waals surface area contributed by atoms with Crippen LogP contribution in [0.3, 0.4) is 0 Å². The quantitative estimate of drug-likeness (QED) is 0.720. The van der Waals surface area contributed by atoms with Gasteiger partial charge in [0.05, 0.1) is 20.3 Å². The number of aliphatic hydroxyl groups excluding tert-OH is 1. The molecule has 0 saturated heterocycles. The number of hydrogen-bond donors (Lipinski definition) is 1. The van der Waals surface area contributed by atoms with Crippen molar-refractivity contribution in [1.82, 2.24) is 4.90 Å². The van der Waals surface area contributed by atoms with Crippen LogP contribution in [0.15, 0.2) is 18.2 Å². The van der Waals surface area contributed by atoms with Crippen molar-refractivity contribution in [2.75, 3.05) is 27.3 Å². The number of nitrogens with zero attached hydrogens (tertiary/aromatic N) is 1. The summed E-state index contributed by atoms with van der Waals surface area (Å²) in [7, 11) is 3.32. The number of ether oxygens (including phenoxy) is 2. The van der Waals surface area contributed by atoms with Gasteiger partial charge >= 0.3 is 0 Å². The minimum atomic E-state index is -0.277. The fourth-order valence-electron chi connectivity index (χ4n) is 2.76. The molecular formula is C18H31NO3. The van der Waals surface area contributed by atoms with Crippen LogP contribution >= 0.6 is 0 Å². The van der Waals surface area contributed by atoms with Crippen LogP contribution in [0.5, 0.6) is 11.5 Å². The molecule has 1 N–H and O–H groups in total. The summed E-state index contributed by atoms with van der Waals surface area (Å²) < 4.78 is 10.9. The fourth-order valence-corrected chi connectivity index (χ4v) is 2.76. The highest BCUT2D eigenvalue weighted by atomic mass is 16.5. The van der Waals surface area contributed by atoms with Gasteiger partial charge < -0.3 is 14.6 Å². The number of para-hydroxylation sites is 1. The van der Waals surface area contributed by atoms with E-state index < -0.39 is 0 Å². The van der Waals surface area contributed by atoms with Gasteiger partial charge in [-0.25, -0.2) is 0 Å². The SMILES string of the molecule is CCCC(O)CN(Cc1cccc(OC)c1OC)CC(C)C. The van der Waals surface area contributed by atoms with Crippen molar-refractivity contribution in [2.45, 2.75) is 46.3 Å². The van der Waals surface area contributed by atoms with Gasteiger partial charge in [0.1, 0.15) is 0 Å². The molecular weight excluding hydrogens is 278 g/mol. The molecule has 0 aliphatic carbocycles. The number of rotatable bonds is 10. The van der Waals surface area contributed by atoms with Gasteiger partial charge in [-0.2, -0.15) is 0 Å². The van der Waals surface area contributed by atoms with E-state index in [9.17, 15) is 5.11 Å². The summed E-state index contributed by atoms with van der Waals surface area (Å²) in [6.45, 7) is 8.87. The molecule has 4 heteroatoms. The topological polar surface area (TPSA) is 41.9 Å². The molecule has 126 valence electrons. The lowest BCUT2D eigenvalue weighted by atomic mass is 10.1. The number of benzene rings is 1. The van der Waals surface area contributed by atoms with Gasteiger partial charge in [0, 0.05) is 25.2 Å². The lowest BCUT2D eigenvalue weighted by molar-refractivity contribution is 0.0939. The summed E-state index contributed by atoms with van der Waals surface area (Å²) >= 11 is 0. The largest absolute Gasteiger partial charge is 0.493 e. The molecule has 22 heavy (non-hydrogen) atoms. The van der Waals surface area contributed by atoms with Gasteiger partial charge in [-0.3, -0.25) is 4.90 Å². The van der Waals surface area contributed by atoms with Crippen LogP contribution in [0.2, 0.25) is 0 Å². The van der Waals surface area contributed by atoms with Crippen LogP contribution in [-0.4, -0.2) is 43.4 Å². The van der Waals surface area contributed by atoms with Crippen molar-refractivity contribution in [1.29, 1.82) is 0 Å². The van der Waals surface area contributed by atoms with E-state index in [4.69, 9.17) is 9.47 Å². The first-order chi connectivity index (χ1) is 10.5. The summed E-state index contributed by atoms with van der Waals surface area (Å²) in [6, 6.07) is 5.94. The first-order valence-corrected chi connectivity index (χ1v) is 8.12. The maximum Gasteiger partial charge on any atom is 0.165 e. The second kappa shape index (κ2) is 9.70. The molecule has 1 rings (SSSR count). The van der Waals surface area contributed by atoms with Crippen LogP contribution in [0, 0.1) is 5.92 Å². The van der Waals surface area contributed by atoms with Gasteiger partial charge in [-0.05, 0) is 18.4 Å². The summed E-state index contributed by atoms with van der Waals surface area (Å²) in [5.41, 5.74) is 1.09. The van der Waals surface area contributed by atoms with Gasteiger partial charge in [0.2, 0.25) is 0 Å². The predicted octanol–water partition coefficient (Wildman–Crippen LogP) is 3.32. The molecule has 4 nitrogen and oxygen atoms in total. The summed E-state index contributed by atoms with van der Waals surface area (Å²) in [5, 5.41) is 10.1.